The van der Waals surface area contributed by atoms with Crippen LogP contribution in [0.4, 0.5) is 11.4 Å². The minimum atomic E-state index is -3.81. The summed E-state index contributed by atoms with van der Waals surface area (Å²) in [5.41, 5.74) is 0.997. The molecule has 0 bridgehead atoms. The zero-order chi connectivity index (χ0) is 23.9. The molecular formula is C22H27ClN2O6S. The van der Waals surface area contributed by atoms with Crippen LogP contribution < -0.4 is 14.4 Å². The Morgan fingerprint density at radius 2 is 1.81 bits per heavy atom. The van der Waals surface area contributed by atoms with Gasteiger partial charge in [-0.2, -0.15) is 0 Å². The molecule has 1 amide bonds. The van der Waals surface area contributed by atoms with Crippen molar-refractivity contribution in [2.75, 3.05) is 29.6 Å². The van der Waals surface area contributed by atoms with Crippen molar-refractivity contribution in [2.24, 2.45) is 0 Å². The van der Waals surface area contributed by atoms with Crippen LogP contribution >= 0.6 is 11.6 Å². The fourth-order valence-corrected chi connectivity index (χ4v) is 4.35. The molecule has 0 saturated heterocycles. The predicted molar refractivity (Wildman–Crippen MR) is 125 cm³/mol. The van der Waals surface area contributed by atoms with Crippen molar-refractivity contribution >= 4 is 44.9 Å². The van der Waals surface area contributed by atoms with Crippen LogP contribution in [-0.4, -0.2) is 46.3 Å². The molecule has 0 fully saturated rings. The van der Waals surface area contributed by atoms with Crippen LogP contribution in [-0.2, 0) is 19.6 Å². The number of hydrogen-bond donors (Lipinski definition) is 1. The fourth-order valence-electron chi connectivity index (χ4n) is 2.93. The average molecular weight is 483 g/mol. The molecule has 0 aliphatic rings. The molecule has 1 atom stereocenters. The number of rotatable bonds is 10. The van der Waals surface area contributed by atoms with Gasteiger partial charge in [0.2, 0.25) is 15.9 Å². The van der Waals surface area contributed by atoms with Gasteiger partial charge in [0.15, 0.2) is 0 Å². The average Bonchev–Trinajstić information content (AvgIpc) is 2.73. The number of ether oxygens (including phenoxy) is 2. The molecule has 0 radical (unpaired) electrons. The van der Waals surface area contributed by atoms with Gasteiger partial charge in [-0.3, -0.25) is 9.10 Å². The van der Waals surface area contributed by atoms with Crippen molar-refractivity contribution in [2.45, 2.75) is 32.7 Å². The highest BCUT2D eigenvalue weighted by atomic mass is 35.5. The maximum atomic E-state index is 12.8. The Balaban J connectivity index is 2.16. The van der Waals surface area contributed by atoms with Crippen LogP contribution in [0.15, 0.2) is 42.5 Å². The fraction of sp³-hybridized carbons (Fsp3) is 0.364. The van der Waals surface area contributed by atoms with E-state index in [9.17, 15) is 18.0 Å². The van der Waals surface area contributed by atoms with E-state index in [-0.39, 0.29) is 10.7 Å². The highest BCUT2D eigenvalue weighted by molar-refractivity contribution is 7.92. The van der Waals surface area contributed by atoms with Crippen LogP contribution in [0.25, 0.3) is 0 Å². The summed E-state index contributed by atoms with van der Waals surface area (Å²) in [6.07, 6.45) is 2.71. The lowest BCUT2D eigenvalue weighted by molar-refractivity contribution is -0.116. The third-order valence-corrected chi connectivity index (χ3v) is 6.13. The SMILES string of the molecule is CCCCOC(=O)c1ccc(NC(=O)[C@H](C)N(c2ccc(OC)c(Cl)c2)S(C)(=O)=O)cc1. The normalized spacial score (nSPS) is 12.0. The molecule has 0 unspecified atom stereocenters. The maximum Gasteiger partial charge on any atom is 0.338 e. The molecule has 0 spiro atoms. The van der Waals surface area contributed by atoms with E-state index in [1.165, 1.54) is 44.4 Å². The summed E-state index contributed by atoms with van der Waals surface area (Å²) in [6, 6.07) is 9.55. The molecular weight excluding hydrogens is 456 g/mol. The number of anilines is 2. The molecule has 8 nitrogen and oxygen atoms in total. The van der Waals surface area contributed by atoms with E-state index in [4.69, 9.17) is 21.1 Å². The van der Waals surface area contributed by atoms with Gasteiger partial charge >= 0.3 is 5.97 Å². The summed E-state index contributed by atoms with van der Waals surface area (Å²) in [6.45, 7) is 3.82. The Bertz CT molecular complexity index is 1060. The number of nitrogens with one attached hydrogen (secondary N) is 1. The molecule has 2 aromatic carbocycles. The second-order valence-electron chi connectivity index (χ2n) is 7.11. The van der Waals surface area contributed by atoms with Gasteiger partial charge in [0, 0.05) is 5.69 Å². The van der Waals surface area contributed by atoms with Crippen molar-refractivity contribution < 1.29 is 27.5 Å². The molecule has 0 aromatic heterocycles. The summed E-state index contributed by atoms with van der Waals surface area (Å²) in [5, 5.41) is 2.88. The second kappa shape index (κ2) is 11.2. The van der Waals surface area contributed by atoms with E-state index in [0.29, 0.717) is 23.6 Å². The first-order valence-electron chi connectivity index (χ1n) is 9.99. The third kappa shape index (κ3) is 6.61. The highest BCUT2D eigenvalue weighted by Gasteiger charge is 2.29. The molecule has 1 N–H and O–H groups in total. The number of hydrogen-bond acceptors (Lipinski definition) is 6. The summed E-state index contributed by atoms with van der Waals surface area (Å²) >= 11 is 6.13. The quantitative estimate of drug-likeness (QED) is 0.404. The minimum absolute atomic E-state index is 0.215. The van der Waals surface area contributed by atoms with Gasteiger partial charge in [0.1, 0.15) is 11.8 Å². The Labute approximate surface area is 193 Å². The number of benzene rings is 2. The molecule has 10 heteroatoms. The van der Waals surface area contributed by atoms with Gasteiger partial charge in [-0.15, -0.1) is 0 Å². The van der Waals surface area contributed by atoms with Crippen LogP contribution in [0.5, 0.6) is 5.75 Å². The molecule has 174 valence electrons. The molecule has 32 heavy (non-hydrogen) atoms. The van der Waals surface area contributed by atoms with E-state index in [1.807, 2.05) is 6.92 Å². The highest BCUT2D eigenvalue weighted by Crippen LogP contribution is 2.31. The molecule has 0 saturated carbocycles. The zero-order valence-corrected chi connectivity index (χ0v) is 20.0. The molecule has 0 aliphatic heterocycles. The number of nitrogens with zero attached hydrogens (tertiary/aromatic N) is 1. The standard InChI is InChI=1S/C22H27ClN2O6S/c1-5-6-13-31-22(27)16-7-9-17(10-8-16)24-21(26)15(2)25(32(4,28)29)18-11-12-20(30-3)19(23)14-18/h7-12,14-15H,5-6,13H2,1-4H3,(H,24,26)/t15-/m0/s1. The first kappa shape index (κ1) is 25.5. The Morgan fingerprint density at radius 1 is 1.16 bits per heavy atom. The van der Waals surface area contributed by atoms with Crippen molar-refractivity contribution in [3.8, 4) is 5.75 Å². The van der Waals surface area contributed by atoms with Gasteiger partial charge in [0.05, 0.1) is 36.2 Å². The van der Waals surface area contributed by atoms with Crippen LogP contribution in [0.1, 0.15) is 37.0 Å². The van der Waals surface area contributed by atoms with Gasteiger partial charge in [-0.05, 0) is 55.8 Å². The number of methoxy groups -OCH3 is 1. The topological polar surface area (TPSA) is 102 Å². The Morgan fingerprint density at radius 3 is 2.34 bits per heavy atom. The Hall–Kier alpha value is -2.78. The molecule has 2 rings (SSSR count). The van der Waals surface area contributed by atoms with Crippen LogP contribution in [0, 0.1) is 0 Å². The van der Waals surface area contributed by atoms with Gasteiger partial charge in [-0.25, -0.2) is 13.2 Å². The number of amides is 1. The lowest BCUT2D eigenvalue weighted by Gasteiger charge is -2.28. The first-order valence-corrected chi connectivity index (χ1v) is 12.2. The molecule has 0 aliphatic carbocycles. The predicted octanol–water partition coefficient (Wildman–Crippen LogP) is 4.10. The maximum absolute atomic E-state index is 12.8. The second-order valence-corrected chi connectivity index (χ2v) is 9.38. The summed E-state index contributed by atoms with van der Waals surface area (Å²) < 4.78 is 36.1. The van der Waals surface area contributed by atoms with E-state index >= 15 is 0 Å². The largest absolute Gasteiger partial charge is 0.495 e. The zero-order valence-electron chi connectivity index (χ0n) is 18.4. The van der Waals surface area contributed by atoms with Crippen molar-refractivity contribution in [3.05, 3.63) is 53.1 Å². The van der Waals surface area contributed by atoms with Gasteiger partial charge in [0.25, 0.3) is 0 Å². The number of halogens is 1. The first-order chi connectivity index (χ1) is 15.1. The summed E-state index contributed by atoms with van der Waals surface area (Å²) in [4.78, 5) is 24.8. The lowest BCUT2D eigenvalue weighted by Crippen LogP contribution is -2.45. The summed E-state index contributed by atoms with van der Waals surface area (Å²) in [7, 11) is -2.36. The third-order valence-electron chi connectivity index (χ3n) is 4.60. The number of esters is 1. The van der Waals surface area contributed by atoms with E-state index in [0.717, 1.165) is 23.4 Å². The molecule has 0 heterocycles. The van der Waals surface area contributed by atoms with E-state index in [1.54, 1.807) is 12.1 Å². The van der Waals surface area contributed by atoms with Crippen molar-refractivity contribution in [1.29, 1.82) is 0 Å². The monoisotopic (exact) mass is 482 g/mol. The van der Waals surface area contributed by atoms with E-state index in [2.05, 4.69) is 5.32 Å². The number of sulfonamides is 1. The van der Waals surface area contributed by atoms with Crippen LogP contribution in [0.2, 0.25) is 5.02 Å². The van der Waals surface area contributed by atoms with E-state index < -0.39 is 27.9 Å². The lowest BCUT2D eigenvalue weighted by atomic mass is 10.2. The number of unbranched alkanes of at least 4 members (excludes halogenated alkanes) is 1. The van der Waals surface area contributed by atoms with Crippen molar-refractivity contribution in [3.63, 3.8) is 0 Å². The van der Waals surface area contributed by atoms with Gasteiger partial charge < -0.3 is 14.8 Å². The number of carbonyl (C=O) groups is 2. The van der Waals surface area contributed by atoms with Crippen molar-refractivity contribution in [1.82, 2.24) is 0 Å². The Kier molecular flexibility index (Phi) is 8.91. The van der Waals surface area contributed by atoms with Gasteiger partial charge in [-0.1, -0.05) is 24.9 Å². The summed E-state index contributed by atoms with van der Waals surface area (Å²) in [5.74, 6) is -0.612. The molecule has 2 aromatic rings. The van der Waals surface area contributed by atoms with Crippen LogP contribution in [0.3, 0.4) is 0 Å². The smallest absolute Gasteiger partial charge is 0.338 e. The minimum Gasteiger partial charge on any atom is -0.495 e. The number of carbonyl (C=O) groups excluding carboxylic acids is 2.